The number of hydrogen-bond donors (Lipinski definition) is 0. The van der Waals surface area contributed by atoms with E-state index >= 15 is 0 Å². The van der Waals surface area contributed by atoms with E-state index in [2.05, 4.69) is 9.97 Å². The first-order valence-corrected chi connectivity index (χ1v) is 5.13. The maximum Gasteiger partial charge on any atom is 0.146 e. The molecule has 16 heavy (non-hydrogen) atoms. The van der Waals surface area contributed by atoms with Crippen molar-refractivity contribution in [2.24, 2.45) is 7.05 Å². The van der Waals surface area contributed by atoms with Gasteiger partial charge in [-0.25, -0.2) is 4.98 Å². The zero-order valence-electron chi connectivity index (χ0n) is 9.13. The van der Waals surface area contributed by atoms with Crippen LogP contribution in [-0.4, -0.2) is 20.3 Å². The Morgan fingerprint density at radius 3 is 2.75 bits per heavy atom. The van der Waals surface area contributed by atoms with Crippen LogP contribution in [0.4, 0.5) is 0 Å². The summed E-state index contributed by atoms with van der Waals surface area (Å²) in [7, 11) is 1.89. The Labute approximate surface area is 94.0 Å². The van der Waals surface area contributed by atoms with Gasteiger partial charge in [-0.2, -0.15) is 0 Å². The minimum atomic E-state index is 0.132. The van der Waals surface area contributed by atoms with Gasteiger partial charge >= 0.3 is 0 Å². The summed E-state index contributed by atoms with van der Waals surface area (Å²) in [6.07, 6.45) is 5.96. The zero-order valence-corrected chi connectivity index (χ0v) is 9.13. The molecule has 0 fully saturated rings. The Balaban J connectivity index is 1.98. The minimum Gasteiger partial charge on any atom is -0.338 e. The summed E-state index contributed by atoms with van der Waals surface area (Å²) in [6, 6.07) is 5.58. The number of hydrogen-bond acceptors (Lipinski definition) is 3. The van der Waals surface area contributed by atoms with Crippen molar-refractivity contribution in [2.75, 3.05) is 0 Å². The van der Waals surface area contributed by atoms with Crippen molar-refractivity contribution >= 4 is 5.78 Å². The monoisotopic (exact) mass is 215 g/mol. The first kappa shape index (κ1) is 10.5. The number of carbonyl (C=O) groups is 1. The maximum atomic E-state index is 11.7. The van der Waals surface area contributed by atoms with Crippen molar-refractivity contribution in [1.82, 2.24) is 14.5 Å². The van der Waals surface area contributed by atoms with Crippen LogP contribution < -0.4 is 0 Å². The summed E-state index contributed by atoms with van der Waals surface area (Å²) >= 11 is 0. The number of rotatable bonds is 4. The van der Waals surface area contributed by atoms with Gasteiger partial charge in [0.15, 0.2) is 0 Å². The van der Waals surface area contributed by atoms with Gasteiger partial charge in [-0.15, -0.1) is 0 Å². The van der Waals surface area contributed by atoms with E-state index in [1.54, 1.807) is 12.4 Å². The molecule has 0 aliphatic heterocycles. The van der Waals surface area contributed by atoms with E-state index in [0.29, 0.717) is 12.8 Å². The van der Waals surface area contributed by atoms with Gasteiger partial charge in [-0.05, 0) is 12.1 Å². The Morgan fingerprint density at radius 1 is 1.25 bits per heavy atom. The molecule has 0 spiro atoms. The molecule has 0 aliphatic rings. The van der Waals surface area contributed by atoms with Gasteiger partial charge in [0.2, 0.25) is 0 Å². The number of aromatic nitrogens is 3. The molecule has 4 nitrogen and oxygen atoms in total. The molecule has 0 aliphatic carbocycles. The van der Waals surface area contributed by atoms with Crippen molar-refractivity contribution < 1.29 is 4.79 Å². The molecule has 2 rings (SSSR count). The highest BCUT2D eigenvalue weighted by Crippen LogP contribution is 2.01. The van der Waals surface area contributed by atoms with E-state index in [4.69, 9.17) is 0 Å². The molecule has 0 unspecified atom stereocenters. The van der Waals surface area contributed by atoms with Gasteiger partial charge in [0, 0.05) is 37.8 Å². The lowest BCUT2D eigenvalue weighted by Gasteiger charge is -2.01. The number of aryl methyl sites for hydroxylation is 1. The van der Waals surface area contributed by atoms with Gasteiger partial charge in [-0.3, -0.25) is 9.78 Å². The Hall–Kier alpha value is -1.97. The van der Waals surface area contributed by atoms with Crippen LogP contribution in [-0.2, 0) is 24.7 Å². The first-order chi connectivity index (χ1) is 7.75. The van der Waals surface area contributed by atoms with Crippen molar-refractivity contribution in [3.05, 3.63) is 48.3 Å². The zero-order chi connectivity index (χ0) is 11.4. The van der Waals surface area contributed by atoms with E-state index in [1.807, 2.05) is 36.0 Å². The number of carbonyl (C=O) groups excluding carboxylic acids is 1. The van der Waals surface area contributed by atoms with Crippen LogP contribution in [0.1, 0.15) is 11.5 Å². The standard InChI is InChI=1S/C12H13N3O/c1-15-7-6-14-12(15)9-11(16)8-10-4-2-3-5-13-10/h2-7H,8-9H2,1H3. The topological polar surface area (TPSA) is 47.8 Å². The van der Waals surface area contributed by atoms with Crippen LogP contribution in [0.5, 0.6) is 0 Å². The van der Waals surface area contributed by atoms with Crippen LogP contribution in [0.2, 0.25) is 0 Å². The van der Waals surface area contributed by atoms with E-state index in [9.17, 15) is 4.79 Å². The molecule has 2 heterocycles. The molecule has 2 aromatic rings. The number of imidazole rings is 1. The average molecular weight is 215 g/mol. The van der Waals surface area contributed by atoms with Gasteiger partial charge in [0.05, 0.1) is 6.42 Å². The fourth-order valence-corrected chi connectivity index (χ4v) is 1.51. The summed E-state index contributed by atoms with van der Waals surface area (Å²) in [5.41, 5.74) is 0.807. The Bertz CT molecular complexity index is 476. The molecule has 0 saturated heterocycles. The summed E-state index contributed by atoms with van der Waals surface area (Å²) in [6.45, 7) is 0. The van der Waals surface area contributed by atoms with Crippen molar-refractivity contribution in [3.63, 3.8) is 0 Å². The van der Waals surface area contributed by atoms with Crippen molar-refractivity contribution in [1.29, 1.82) is 0 Å². The van der Waals surface area contributed by atoms with Crippen molar-refractivity contribution in [2.45, 2.75) is 12.8 Å². The fourth-order valence-electron chi connectivity index (χ4n) is 1.51. The second kappa shape index (κ2) is 4.70. The van der Waals surface area contributed by atoms with Gasteiger partial charge in [-0.1, -0.05) is 6.07 Å². The Morgan fingerprint density at radius 2 is 2.12 bits per heavy atom. The summed E-state index contributed by atoms with van der Waals surface area (Å²) in [5.74, 6) is 0.925. The Kier molecular flexibility index (Phi) is 3.10. The quantitative estimate of drug-likeness (QED) is 0.769. The second-order valence-electron chi connectivity index (χ2n) is 3.67. The highest BCUT2D eigenvalue weighted by molar-refractivity contribution is 5.82. The molecular formula is C12H13N3O. The molecule has 4 heteroatoms. The number of Topliss-reactive ketones (excluding diaryl/α,β-unsaturated/α-hetero) is 1. The third-order valence-electron chi connectivity index (χ3n) is 2.38. The summed E-state index contributed by atoms with van der Waals surface area (Å²) in [5, 5.41) is 0. The molecule has 0 bridgehead atoms. The highest BCUT2D eigenvalue weighted by atomic mass is 16.1. The number of ketones is 1. The second-order valence-corrected chi connectivity index (χ2v) is 3.67. The molecule has 2 aromatic heterocycles. The SMILES string of the molecule is Cn1ccnc1CC(=O)Cc1ccccn1. The average Bonchev–Trinajstić information content (AvgIpc) is 2.66. The highest BCUT2D eigenvalue weighted by Gasteiger charge is 2.08. The molecule has 0 amide bonds. The molecule has 82 valence electrons. The fraction of sp³-hybridized carbons (Fsp3) is 0.250. The van der Waals surface area contributed by atoms with E-state index < -0.39 is 0 Å². The predicted molar refractivity (Wildman–Crippen MR) is 59.9 cm³/mol. The van der Waals surface area contributed by atoms with Crippen LogP contribution in [0.3, 0.4) is 0 Å². The van der Waals surface area contributed by atoms with Crippen LogP contribution in [0, 0.1) is 0 Å². The van der Waals surface area contributed by atoms with E-state index in [0.717, 1.165) is 11.5 Å². The molecule has 0 aromatic carbocycles. The molecule has 0 radical (unpaired) electrons. The summed E-state index contributed by atoms with van der Waals surface area (Å²) < 4.78 is 1.86. The van der Waals surface area contributed by atoms with Crippen LogP contribution in [0.25, 0.3) is 0 Å². The number of nitrogens with zero attached hydrogens (tertiary/aromatic N) is 3. The smallest absolute Gasteiger partial charge is 0.146 e. The van der Waals surface area contributed by atoms with E-state index in [-0.39, 0.29) is 5.78 Å². The number of pyridine rings is 1. The van der Waals surface area contributed by atoms with E-state index in [1.165, 1.54) is 0 Å². The van der Waals surface area contributed by atoms with Gasteiger partial charge in [0.1, 0.15) is 11.6 Å². The largest absolute Gasteiger partial charge is 0.338 e. The summed E-state index contributed by atoms with van der Waals surface area (Å²) in [4.78, 5) is 20.0. The lowest BCUT2D eigenvalue weighted by atomic mass is 10.1. The lowest BCUT2D eigenvalue weighted by molar-refractivity contribution is -0.118. The van der Waals surface area contributed by atoms with Gasteiger partial charge in [0.25, 0.3) is 0 Å². The molecule has 0 N–H and O–H groups in total. The minimum absolute atomic E-state index is 0.132. The van der Waals surface area contributed by atoms with Crippen molar-refractivity contribution in [3.8, 4) is 0 Å². The predicted octanol–water partition coefficient (Wildman–Crippen LogP) is 1.17. The maximum absolute atomic E-state index is 11.7. The lowest BCUT2D eigenvalue weighted by Crippen LogP contribution is -2.11. The third kappa shape index (κ3) is 2.53. The molecule has 0 saturated carbocycles. The third-order valence-corrected chi connectivity index (χ3v) is 2.38. The van der Waals surface area contributed by atoms with Crippen LogP contribution in [0.15, 0.2) is 36.8 Å². The molecular weight excluding hydrogens is 202 g/mol. The van der Waals surface area contributed by atoms with Gasteiger partial charge < -0.3 is 4.57 Å². The molecule has 0 atom stereocenters. The first-order valence-electron chi connectivity index (χ1n) is 5.13. The normalized spacial score (nSPS) is 10.3. The van der Waals surface area contributed by atoms with Crippen LogP contribution >= 0.6 is 0 Å².